The number of allylic oxidation sites excluding steroid dienone is 2. The number of alkyl halides is 3. The number of halogens is 4. The molecule has 0 spiro atoms. The van der Waals surface area contributed by atoms with E-state index in [2.05, 4.69) is 15.4 Å². The summed E-state index contributed by atoms with van der Waals surface area (Å²) in [5.41, 5.74) is -0.460. The van der Waals surface area contributed by atoms with Gasteiger partial charge in [-0.15, -0.1) is 0 Å². The molecule has 0 bridgehead atoms. The highest BCUT2D eigenvalue weighted by atomic mass is 32.2. The molecule has 0 saturated heterocycles. The fourth-order valence-electron chi connectivity index (χ4n) is 2.74. The molecule has 2 aromatic rings. The molecule has 2 aliphatic rings. The number of rotatable bonds is 4. The lowest BCUT2D eigenvalue weighted by Crippen LogP contribution is -2.20. The van der Waals surface area contributed by atoms with Crippen LogP contribution in [0.3, 0.4) is 0 Å². The van der Waals surface area contributed by atoms with E-state index in [1.54, 1.807) is 36.5 Å². The highest BCUT2D eigenvalue weighted by Gasteiger charge is 2.31. The SMILES string of the molecule is O=C(Nc1ccc(OC2=CC=CN3SNC=C23)cc1)Nc1cc(C(F)(F)F)ccc1F. The molecule has 3 N–H and O–H groups in total. The van der Waals surface area contributed by atoms with Crippen LogP contribution in [0.5, 0.6) is 5.75 Å². The van der Waals surface area contributed by atoms with E-state index in [1.165, 1.54) is 12.1 Å². The van der Waals surface area contributed by atoms with Crippen molar-refractivity contribution in [3.8, 4) is 5.75 Å². The molecule has 0 aliphatic carbocycles. The van der Waals surface area contributed by atoms with Gasteiger partial charge in [0.2, 0.25) is 0 Å². The zero-order chi connectivity index (χ0) is 22.0. The third-order valence-electron chi connectivity index (χ3n) is 4.19. The maximum Gasteiger partial charge on any atom is 0.416 e. The van der Waals surface area contributed by atoms with Gasteiger partial charge in [-0.05, 0) is 54.6 Å². The summed E-state index contributed by atoms with van der Waals surface area (Å²) in [6.07, 6.45) is 2.66. The molecule has 2 aromatic carbocycles. The molecule has 0 radical (unpaired) electrons. The van der Waals surface area contributed by atoms with Crippen LogP contribution >= 0.6 is 12.1 Å². The molecule has 2 heterocycles. The molecule has 31 heavy (non-hydrogen) atoms. The summed E-state index contributed by atoms with van der Waals surface area (Å²) in [5, 5.41) is 4.51. The van der Waals surface area contributed by atoms with Gasteiger partial charge in [-0.25, -0.2) is 9.18 Å². The molecule has 4 rings (SSSR count). The smallest absolute Gasteiger partial charge is 0.416 e. The molecular formula is C20H14F4N4O2S. The van der Waals surface area contributed by atoms with Crippen molar-refractivity contribution in [2.45, 2.75) is 6.18 Å². The quantitative estimate of drug-likeness (QED) is 0.419. The Bertz CT molecular complexity index is 1100. The van der Waals surface area contributed by atoms with E-state index in [1.807, 2.05) is 16.6 Å². The molecule has 6 nitrogen and oxygen atoms in total. The molecule has 0 atom stereocenters. The van der Waals surface area contributed by atoms with Crippen LogP contribution in [0.25, 0.3) is 0 Å². The minimum Gasteiger partial charge on any atom is -0.455 e. The topological polar surface area (TPSA) is 65.6 Å². The predicted molar refractivity (Wildman–Crippen MR) is 109 cm³/mol. The molecule has 2 aliphatic heterocycles. The Labute approximate surface area is 178 Å². The molecule has 0 unspecified atom stereocenters. The lowest BCUT2D eigenvalue weighted by atomic mass is 10.2. The Morgan fingerprint density at radius 1 is 1.10 bits per heavy atom. The van der Waals surface area contributed by atoms with Crippen LogP contribution in [0.4, 0.5) is 33.7 Å². The lowest BCUT2D eigenvalue weighted by molar-refractivity contribution is -0.137. The van der Waals surface area contributed by atoms with E-state index in [9.17, 15) is 22.4 Å². The number of anilines is 2. The van der Waals surface area contributed by atoms with Crippen LogP contribution < -0.4 is 20.1 Å². The van der Waals surface area contributed by atoms with Crippen molar-refractivity contribution in [3.63, 3.8) is 0 Å². The fraction of sp³-hybridized carbons (Fsp3) is 0.0500. The first-order valence-electron chi connectivity index (χ1n) is 8.83. The van der Waals surface area contributed by atoms with Gasteiger partial charge >= 0.3 is 12.2 Å². The summed E-state index contributed by atoms with van der Waals surface area (Å²) in [5.74, 6) is 0.150. The van der Waals surface area contributed by atoms with E-state index >= 15 is 0 Å². The zero-order valence-electron chi connectivity index (χ0n) is 15.5. The maximum atomic E-state index is 13.8. The first kappa shape index (κ1) is 20.7. The minimum atomic E-state index is -4.65. The van der Waals surface area contributed by atoms with Crippen LogP contribution in [0, 0.1) is 5.82 Å². The normalized spacial score (nSPS) is 14.9. The van der Waals surface area contributed by atoms with Crippen molar-refractivity contribution in [2.75, 3.05) is 10.6 Å². The number of nitrogens with zero attached hydrogens (tertiary/aromatic N) is 1. The first-order chi connectivity index (χ1) is 14.8. The molecule has 2 amide bonds. The van der Waals surface area contributed by atoms with Gasteiger partial charge in [-0.2, -0.15) is 13.2 Å². The van der Waals surface area contributed by atoms with Gasteiger partial charge in [0.25, 0.3) is 0 Å². The molecule has 160 valence electrons. The van der Waals surface area contributed by atoms with Gasteiger partial charge in [0.1, 0.15) is 17.3 Å². The number of hydrogen-bond donors (Lipinski definition) is 3. The van der Waals surface area contributed by atoms with Crippen LogP contribution in [-0.4, -0.2) is 10.3 Å². The van der Waals surface area contributed by atoms with Crippen molar-refractivity contribution in [3.05, 3.63) is 89.9 Å². The Balaban J connectivity index is 1.39. The highest BCUT2D eigenvalue weighted by Crippen LogP contribution is 2.33. The summed E-state index contributed by atoms with van der Waals surface area (Å²) < 4.78 is 62.9. The van der Waals surface area contributed by atoms with Gasteiger partial charge in [-0.3, -0.25) is 4.31 Å². The highest BCUT2D eigenvalue weighted by molar-refractivity contribution is 7.95. The minimum absolute atomic E-state index is 0.341. The number of hydrogen-bond acceptors (Lipinski definition) is 5. The number of fused-ring (bicyclic) bond motifs is 1. The van der Waals surface area contributed by atoms with Crippen molar-refractivity contribution in [1.29, 1.82) is 0 Å². The van der Waals surface area contributed by atoms with Gasteiger partial charge in [0.15, 0.2) is 5.76 Å². The van der Waals surface area contributed by atoms with Gasteiger partial charge in [0, 0.05) is 18.1 Å². The van der Waals surface area contributed by atoms with E-state index in [4.69, 9.17) is 4.74 Å². The predicted octanol–water partition coefficient (Wildman–Crippen LogP) is 5.59. The van der Waals surface area contributed by atoms with E-state index < -0.39 is 29.3 Å². The third kappa shape index (κ3) is 4.77. The summed E-state index contributed by atoms with van der Waals surface area (Å²) in [6, 6.07) is 7.21. The number of nitrogens with one attached hydrogen (secondary N) is 3. The fourth-order valence-corrected chi connectivity index (χ4v) is 3.39. The average Bonchev–Trinajstić information content (AvgIpc) is 3.20. The standard InChI is InChI=1S/C20H14F4N4O2S/c21-15-8-3-12(20(22,23)24)10-16(15)27-19(29)26-13-4-6-14(7-5-13)30-18-2-1-9-28-17(18)11-25-31-28/h1-11,25H,(H2,26,27,29). The second kappa shape index (κ2) is 8.26. The van der Waals surface area contributed by atoms with Crippen LogP contribution in [-0.2, 0) is 6.18 Å². The van der Waals surface area contributed by atoms with Crippen LogP contribution in [0.1, 0.15) is 5.56 Å². The van der Waals surface area contributed by atoms with E-state index in [0.29, 0.717) is 35.4 Å². The Hall–Kier alpha value is -3.60. The molecule has 0 aromatic heterocycles. The van der Waals surface area contributed by atoms with Crippen molar-refractivity contribution in [2.24, 2.45) is 0 Å². The number of carbonyl (C=O) groups excluding carboxylic acids is 1. The second-order valence-corrected chi connectivity index (χ2v) is 7.15. The summed E-state index contributed by atoms with van der Waals surface area (Å²) >= 11 is 1.39. The van der Waals surface area contributed by atoms with Gasteiger partial charge in [0.05, 0.1) is 23.4 Å². The van der Waals surface area contributed by atoms with Crippen molar-refractivity contribution >= 4 is 29.5 Å². The summed E-state index contributed by atoms with van der Waals surface area (Å²) in [6.45, 7) is 0. The maximum absolute atomic E-state index is 13.8. The zero-order valence-corrected chi connectivity index (χ0v) is 16.4. The number of ether oxygens (including phenoxy) is 1. The summed E-state index contributed by atoms with van der Waals surface area (Å²) in [7, 11) is 0. The average molecular weight is 450 g/mol. The van der Waals surface area contributed by atoms with E-state index in [0.717, 1.165) is 5.70 Å². The number of carbonyl (C=O) groups is 1. The van der Waals surface area contributed by atoms with Crippen LogP contribution in [0.2, 0.25) is 0 Å². The van der Waals surface area contributed by atoms with Gasteiger partial charge < -0.3 is 20.1 Å². The van der Waals surface area contributed by atoms with E-state index in [-0.39, 0.29) is 0 Å². The first-order valence-corrected chi connectivity index (χ1v) is 9.60. The Morgan fingerprint density at radius 3 is 2.61 bits per heavy atom. The lowest BCUT2D eigenvalue weighted by Gasteiger charge is -2.20. The molecular weight excluding hydrogens is 436 g/mol. The monoisotopic (exact) mass is 450 g/mol. The van der Waals surface area contributed by atoms with Crippen molar-refractivity contribution < 1.29 is 27.1 Å². The molecule has 11 heteroatoms. The van der Waals surface area contributed by atoms with Gasteiger partial charge in [-0.1, -0.05) is 0 Å². The number of benzene rings is 2. The number of amides is 2. The second-order valence-electron chi connectivity index (χ2n) is 6.33. The Kier molecular flexibility index (Phi) is 5.51. The Morgan fingerprint density at radius 2 is 1.87 bits per heavy atom. The van der Waals surface area contributed by atoms with Crippen LogP contribution in [0.15, 0.2) is 78.5 Å². The summed E-state index contributed by atoms with van der Waals surface area (Å²) in [4.78, 5) is 12.1. The molecule has 0 saturated carbocycles. The third-order valence-corrected chi connectivity index (χ3v) is 4.93. The van der Waals surface area contributed by atoms with Crippen molar-refractivity contribution in [1.82, 2.24) is 9.03 Å². The molecule has 0 fully saturated rings. The largest absolute Gasteiger partial charge is 0.455 e. The number of urea groups is 1.